The van der Waals surface area contributed by atoms with Crippen LogP contribution in [0.15, 0.2) is 35.1 Å². The third-order valence-corrected chi connectivity index (χ3v) is 3.74. The molecule has 4 heteroatoms. The van der Waals surface area contributed by atoms with Crippen LogP contribution in [-0.2, 0) is 0 Å². The minimum absolute atomic E-state index is 0.0234. The van der Waals surface area contributed by atoms with Crippen LogP contribution in [0.5, 0.6) is 0 Å². The normalized spacial score (nSPS) is 20.6. The number of likely N-dealkylation sites (tertiary alicyclic amines) is 1. The smallest absolute Gasteiger partial charge is 0.257 e. The summed E-state index contributed by atoms with van der Waals surface area (Å²) in [6.07, 6.45) is 2.35. The highest BCUT2D eigenvalue weighted by atomic mass is 16.1. The van der Waals surface area contributed by atoms with E-state index in [4.69, 9.17) is 0 Å². The van der Waals surface area contributed by atoms with Gasteiger partial charge in [-0.2, -0.15) is 0 Å². The maximum absolute atomic E-state index is 12.0. The molecule has 1 aromatic heterocycles. The maximum atomic E-state index is 12.0. The molecule has 4 nitrogen and oxygen atoms in total. The number of H-pyrrole nitrogens is 1. The minimum Gasteiger partial charge on any atom is -0.368 e. The average molecular weight is 257 g/mol. The quantitative estimate of drug-likeness (QED) is 0.865. The Labute approximate surface area is 112 Å². The van der Waals surface area contributed by atoms with Gasteiger partial charge < -0.3 is 15.2 Å². The van der Waals surface area contributed by atoms with E-state index < -0.39 is 0 Å². The number of aromatic nitrogens is 1. The Hall–Kier alpha value is -1.81. The first-order valence-corrected chi connectivity index (χ1v) is 6.79. The van der Waals surface area contributed by atoms with Crippen molar-refractivity contribution in [3.8, 4) is 0 Å². The summed E-state index contributed by atoms with van der Waals surface area (Å²) in [5.74, 6) is 0.823. The lowest BCUT2D eigenvalue weighted by Crippen LogP contribution is -2.40. The molecule has 0 aliphatic carbocycles. The standard InChI is InChI=1S/C15H19N3O/c1-18-8-4-6-12(10-18)16-14-9-11-5-2-3-7-13(11)15(19)17-14/h2-3,5,7,9,12H,4,6,8,10H2,1H3,(H2,16,17,19). The van der Waals surface area contributed by atoms with Crippen molar-refractivity contribution in [3.05, 3.63) is 40.7 Å². The number of pyridine rings is 1. The molecule has 0 saturated carbocycles. The lowest BCUT2D eigenvalue weighted by Gasteiger charge is -2.30. The minimum atomic E-state index is -0.0234. The molecule has 0 radical (unpaired) electrons. The number of likely N-dealkylation sites (N-methyl/N-ethyl adjacent to an activating group) is 1. The Morgan fingerprint density at radius 3 is 3.05 bits per heavy atom. The van der Waals surface area contributed by atoms with Gasteiger partial charge in [-0.05, 0) is 44.0 Å². The van der Waals surface area contributed by atoms with Gasteiger partial charge in [0.1, 0.15) is 5.82 Å². The van der Waals surface area contributed by atoms with E-state index in [1.165, 1.54) is 6.42 Å². The molecule has 1 saturated heterocycles. The second-order valence-corrected chi connectivity index (χ2v) is 5.35. The van der Waals surface area contributed by atoms with Crippen LogP contribution in [-0.4, -0.2) is 36.1 Å². The molecule has 1 atom stereocenters. The molecule has 1 aromatic carbocycles. The highest BCUT2D eigenvalue weighted by Crippen LogP contribution is 2.16. The van der Waals surface area contributed by atoms with Gasteiger partial charge in [-0.1, -0.05) is 18.2 Å². The third-order valence-electron chi connectivity index (χ3n) is 3.74. The molecule has 1 unspecified atom stereocenters. The van der Waals surface area contributed by atoms with E-state index in [0.717, 1.165) is 36.1 Å². The molecule has 1 aliphatic rings. The summed E-state index contributed by atoms with van der Waals surface area (Å²) < 4.78 is 0. The molecule has 3 rings (SSSR count). The number of hydrogen-bond donors (Lipinski definition) is 2. The number of anilines is 1. The largest absolute Gasteiger partial charge is 0.368 e. The van der Waals surface area contributed by atoms with Gasteiger partial charge in [-0.3, -0.25) is 4.79 Å². The second-order valence-electron chi connectivity index (χ2n) is 5.35. The number of benzene rings is 1. The molecule has 19 heavy (non-hydrogen) atoms. The topological polar surface area (TPSA) is 48.1 Å². The van der Waals surface area contributed by atoms with Crippen molar-refractivity contribution in [2.45, 2.75) is 18.9 Å². The number of fused-ring (bicyclic) bond motifs is 1. The molecule has 0 bridgehead atoms. The van der Waals surface area contributed by atoms with E-state index >= 15 is 0 Å². The fourth-order valence-electron chi connectivity index (χ4n) is 2.79. The van der Waals surface area contributed by atoms with Crippen molar-refractivity contribution in [2.75, 3.05) is 25.5 Å². The zero-order chi connectivity index (χ0) is 13.2. The van der Waals surface area contributed by atoms with Crippen LogP contribution in [0.2, 0.25) is 0 Å². The molecule has 0 spiro atoms. The van der Waals surface area contributed by atoms with Crippen LogP contribution in [0.3, 0.4) is 0 Å². The fraction of sp³-hybridized carbons (Fsp3) is 0.400. The lowest BCUT2D eigenvalue weighted by molar-refractivity contribution is 0.261. The number of aromatic amines is 1. The van der Waals surface area contributed by atoms with Crippen molar-refractivity contribution in [1.82, 2.24) is 9.88 Å². The van der Waals surface area contributed by atoms with Crippen LogP contribution >= 0.6 is 0 Å². The molecule has 2 N–H and O–H groups in total. The van der Waals surface area contributed by atoms with Gasteiger partial charge in [0.15, 0.2) is 0 Å². The van der Waals surface area contributed by atoms with Crippen molar-refractivity contribution < 1.29 is 0 Å². The third kappa shape index (κ3) is 2.63. The first kappa shape index (κ1) is 12.2. The number of piperidine rings is 1. The number of hydrogen-bond acceptors (Lipinski definition) is 3. The van der Waals surface area contributed by atoms with E-state index in [0.29, 0.717) is 6.04 Å². The van der Waals surface area contributed by atoms with Crippen molar-refractivity contribution in [1.29, 1.82) is 0 Å². The van der Waals surface area contributed by atoms with Gasteiger partial charge in [-0.15, -0.1) is 0 Å². The lowest BCUT2D eigenvalue weighted by atomic mass is 10.1. The van der Waals surface area contributed by atoms with E-state index in [1.54, 1.807) is 0 Å². The van der Waals surface area contributed by atoms with Crippen LogP contribution in [0.25, 0.3) is 10.8 Å². The molecule has 2 aromatic rings. The summed E-state index contributed by atoms with van der Waals surface area (Å²) in [6.45, 7) is 2.18. The van der Waals surface area contributed by atoms with Crippen molar-refractivity contribution >= 4 is 16.6 Å². The molecular weight excluding hydrogens is 238 g/mol. The zero-order valence-electron chi connectivity index (χ0n) is 11.1. The number of rotatable bonds is 2. The zero-order valence-corrected chi connectivity index (χ0v) is 11.1. The van der Waals surface area contributed by atoms with E-state index in [1.807, 2.05) is 30.3 Å². The van der Waals surface area contributed by atoms with Gasteiger partial charge in [0.05, 0.1) is 0 Å². The van der Waals surface area contributed by atoms with Gasteiger partial charge in [0, 0.05) is 18.0 Å². The van der Waals surface area contributed by atoms with Crippen LogP contribution in [0.4, 0.5) is 5.82 Å². The van der Waals surface area contributed by atoms with E-state index in [9.17, 15) is 4.79 Å². The number of nitrogens with zero attached hydrogens (tertiary/aromatic N) is 1. The highest BCUT2D eigenvalue weighted by molar-refractivity contribution is 5.83. The summed E-state index contributed by atoms with van der Waals surface area (Å²) in [6, 6.07) is 10.1. The molecule has 1 aliphatic heterocycles. The Morgan fingerprint density at radius 2 is 2.21 bits per heavy atom. The Balaban J connectivity index is 1.87. The molecule has 1 fully saturated rings. The predicted octanol–water partition coefficient (Wildman–Crippen LogP) is 2.03. The van der Waals surface area contributed by atoms with Crippen molar-refractivity contribution in [2.24, 2.45) is 0 Å². The van der Waals surface area contributed by atoms with E-state index in [-0.39, 0.29) is 5.56 Å². The predicted molar refractivity (Wildman–Crippen MR) is 78.7 cm³/mol. The summed E-state index contributed by atoms with van der Waals surface area (Å²) in [5.41, 5.74) is -0.0234. The molecular formula is C15H19N3O. The fourth-order valence-corrected chi connectivity index (χ4v) is 2.79. The first-order valence-electron chi connectivity index (χ1n) is 6.79. The average Bonchev–Trinajstić information content (AvgIpc) is 2.39. The number of nitrogens with one attached hydrogen (secondary N) is 2. The Bertz CT molecular complexity index is 635. The van der Waals surface area contributed by atoms with Gasteiger partial charge in [0.2, 0.25) is 0 Å². The van der Waals surface area contributed by atoms with Crippen molar-refractivity contribution in [3.63, 3.8) is 0 Å². The van der Waals surface area contributed by atoms with Gasteiger partial charge >= 0.3 is 0 Å². The van der Waals surface area contributed by atoms with E-state index in [2.05, 4.69) is 22.2 Å². The summed E-state index contributed by atoms with van der Waals surface area (Å²) >= 11 is 0. The van der Waals surface area contributed by atoms with Crippen LogP contribution in [0.1, 0.15) is 12.8 Å². The van der Waals surface area contributed by atoms with Crippen LogP contribution in [0, 0.1) is 0 Å². The summed E-state index contributed by atoms with van der Waals surface area (Å²) in [4.78, 5) is 17.2. The molecule has 0 amide bonds. The monoisotopic (exact) mass is 257 g/mol. The highest BCUT2D eigenvalue weighted by Gasteiger charge is 2.17. The Kier molecular flexibility index (Phi) is 3.25. The summed E-state index contributed by atoms with van der Waals surface area (Å²) in [5, 5.41) is 5.18. The van der Waals surface area contributed by atoms with Gasteiger partial charge in [0.25, 0.3) is 5.56 Å². The Morgan fingerprint density at radius 1 is 1.37 bits per heavy atom. The SMILES string of the molecule is CN1CCCC(Nc2cc3ccccc3c(=O)[nH]2)C1. The second kappa shape index (κ2) is 5.05. The molecule has 100 valence electrons. The van der Waals surface area contributed by atoms with Gasteiger partial charge in [-0.25, -0.2) is 0 Å². The first-order chi connectivity index (χ1) is 9.22. The maximum Gasteiger partial charge on any atom is 0.257 e. The van der Waals surface area contributed by atoms with Crippen LogP contribution < -0.4 is 10.9 Å². The molecule has 2 heterocycles. The summed E-state index contributed by atoms with van der Waals surface area (Å²) in [7, 11) is 2.14.